The van der Waals surface area contributed by atoms with Gasteiger partial charge in [-0.1, -0.05) is 6.92 Å². The fourth-order valence-corrected chi connectivity index (χ4v) is 3.78. The molecule has 1 aromatic rings. The van der Waals surface area contributed by atoms with Gasteiger partial charge in [0.05, 0.1) is 5.69 Å². The first-order chi connectivity index (χ1) is 8.30. The molecule has 17 heavy (non-hydrogen) atoms. The van der Waals surface area contributed by atoms with E-state index < -0.39 is 0 Å². The van der Waals surface area contributed by atoms with Crippen LogP contribution in [0.4, 0.5) is 0 Å². The molecule has 3 nitrogen and oxygen atoms in total. The summed E-state index contributed by atoms with van der Waals surface area (Å²) in [6.07, 6.45) is 4.79. The molecule has 0 spiro atoms. The van der Waals surface area contributed by atoms with E-state index in [2.05, 4.69) is 6.92 Å². The van der Waals surface area contributed by atoms with Crippen molar-refractivity contribution < 1.29 is 4.74 Å². The monoisotopic (exact) mass is 254 g/mol. The molecule has 96 valence electrons. The summed E-state index contributed by atoms with van der Waals surface area (Å²) >= 11 is 1.84. The van der Waals surface area contributed by atoms with Crippen LogP contribution in [0.5, 0.6) is 0 Å². The number of rotatable bonds is 5. The Balaban J connectivity index is 2.23. The van der Waals surface area contributed by atoms with Crippen LogP contribution in [0.25, 0.3) is 0 Å². The molecule has 0 bridgehead atoms. The van der Waals surface area contributed by atoms with Crippen molar-refractivity contribution in [2.45, 2.75) is 51.6 Å². The average molecular weight is 254 g/mol. The Morgan fingerprint density at radius 1 is 1.53 bits per heavy atom. The average Bonchev–Trinajstić information content (AvgIpc) is 2.79. The number of nitrogens with two attached hydrogens (primary N) is 1. The SMILES string of the molecule is CCOC(CC)c1nc2c(s1)CCCC2CN. The third-order valence-corrected chi connectivity index (χ3v) is 4.61. The van der Waals surface area contributed by atoms with Gasteiger partial charge in [0.25, 0.3) is 0 Å². The molecule has 0 saturated heterocycles. The molecule has 0 saturated carbocycles. The molecular formula is C13H22N2OS. The van der Waals surface area contributed by atoms with E-state index in [4.69, 9.17) is 15.5 Å². The van der Waals surface area contributed by atoms with Gasteiger partial charge in [-0.25, -0.2) is 4.98 Å². The zero-order chi connectivity index (χ0) is 12.3. The maximum absolute atomic E-state index is 5.83. The predicted molar refractivity (Wildman–Crippen MR) is 71.5 cm³/mol. The predicted octanol–water partition coefficient (Wildman–Crippen LogP) is 3.01. The minimum atomic E-state index is 0.175. The van der Waals surface area contributed by atoms with Crippen molar-refractivity contribution >= 4 is 11.3 Å². The third kappa shape index (κ3) is 2.69. The number of aromatic nitrogens is 1. The van der Waals surface area contributed by atoms with Crippen molar-refractivity contribution in [2.24, 2.45) is 5.73 Å². The van der Waals surface area contributed by atoms with E-state index in [-0.39, 0.29) is 6.10 Å². The first kappa shape index (κ1) is 13.0. The van der Waals surface area contributed by atoms with Gasteiger partial charge in [0.15, 0.2) is 0 Å². The maximum atomic E-state index is 5.83. The molecule has 2 atom stereocenters. The lowest BCUT2D eigenvalue weighted by molar-refractivity contribution is 0.0595. The summed E-state index contributed by atoms with van der Waals surface area (Å²) in [6.45, 7) is 5.67. The molecule has 0 aliphatic heterocycles. The van der Waals surface area contributed by atoms with Crippen molar-refractivity contribution in [1.82, 2.24) is 4.98 Å². The van der Waals surface area contributed by atoms with Gasteiger partial charge in [0, 0.05) is 23.9 Å². The quantitative estimate of drug-likeness (QED) is 0.878. The van der Waals surface area contributed by atoms with Crippen LogP contribution in [-0.2, 0) is 11.2 Å². The number of aryl methyl sites for hydroxylation is 1. The number of hydrogen-bond donors (Lipinski definition) is 1. The molecule has 0 fully saturated rings. The lowest BCUT2D eigenvalue weighted by atomic mass is 9.91. The van der Waals surface area contributed by atoms with Crippen LogP contribution in [0, 0.1) is 0 Å². The second-order valence-electron chi connectivity index (χ2n) is 4.54. The zero-order valence-electron chi connectivity index (χ0n) is 10.7. The van der Waals surface area contributed by atoms with E-state index >= 15 is 0 Å². The summed E-state index contributed by atoms with van der Waals surface area (Å²) in [7, 11) is 0. The number of ether oxygens (including phenoxy) is 1. The first-order valence-electron chi connectivity index (χ1n) is 6.61. The largest absolute Gasteiger partial charge is 0.371 e. The molecule has 1 aromatic heterocycles. The Kier molecular flexibility index (Phi) is 4.54. The topological polar surface area (TPSA) is 48.1 Å². The molecule has 0 radical (unpaired) electrons. The standard InChI is InChI=1S/C13H22N2OS/c1-3-10(16-4-2)13-15-12-9(8-14)6-5-7-11(12)17-13/h9-10H,3-8,14H2,1-2H3. The highest BCUT2D eigenvalue weighted by Crippen LogP contribution is 2.37. The van der Waals surface area contributed by atoms with Gasteiger partial charge in [0.1, 0.15) is 11.1 Å². The van der Waals surface area contributed by atoms with Gasteiger partial charge < -0.3 is 10.5 Å². The van der Waals surface area contributed by atoms with E-state index in [9.17, 15) is 0 Å². The van der Waals surface area contributed by atoms with E-state index in [1.807, 2.05) is 18.3 Å². The summed E-state index contributed by atoms with van der Waals surface area (Å²) in [5, 5.41) is 1.15. The lowest BCUT2D eigenvalue weighted by Crippen LogP contribution is -2.17. The number of thiazole rings is 1. The minimum absolute atomic E-state index is 0.175. The first-order valence-corrected chi connectivity index (χ1v) is 7.42. The highest BCUT2D eigenvalue weighted by Gasteiger charge is 2.25. The van der Waals surface area contributed by atoms with Crippen LogP contribution in [0.3, 0.4) is 0 Å². The molecule has 2 unspecified atom stereocenters. The van der Waals surface area contributed by atoms with Crippen LogP contribution >= 0.6 is 11.3 Å². The van der Waals surface area contributed by atoms with Crippen LogP contribution in [0.15, 0.2) is 0 Å². The Morgan fingerprint density at radius 3 is 3.00 bits per heavy atom. The number of hydrogen-bond acceptors (Lipinski definition) is 4. The van der Waals surface area contributed by atoms with Crippen molar-refractivity contribution in [1.29, 1.82) is 0 Å². The molecule has 2 rings (SSSR count). The lowest BCUT2D eigenvalue weighted by Gasteiger charge is -2.18. The summed E-state index contributed by atoms with van der Waals surface area (Å²) in [5.41, 5.74) is 7.09. The second-order valence-corrected chi connectivity index (χ2v) is 5.65. The van der Waals surface area contributed by atoms with E-state index in [1.165, 1.54) is 29.8 Å². The second kappa shape index (κ2) is 5.94. The van der Waals surface area contributed by atoms with Crippen LogP contribution in [0.1, 0.15) is 60.7 Å². The summed E-state index contributed by atoms with van der Waals surface area (Å²) in [5.74, 6) is 0.475. The highest BCUT2D eigenvalue weighted by molar-refractivity contribution is 7.11. The molecule has 1 aliphatic carbocycles. The molecule has 1 heterocycles. The maximum Gasteiger partial charge on any atom is 0.122 e. The normalized spacial score (nSPS) is 21.2. The van der Waals surface area contributed by atoms with Gasteiger partial charge in [-0.05, 0) is 32.6 Å². The van der Waals surface area contributed by atoms with E-state index in [0.717, 1.165) is 24.6 Å². The zero-order valence-corrected chi connectivity index (χ0v) is 11.6. The van der Waals surface area contributed by atoms with Crippen molar-refractivity contribution in [2.75, 3.05) is 13.2 Å². The van der Waals surface area contributed by atoms with Crippen molar-refractivity contribution in [3.63, 3.8) is 0 Å². The van der Waals surface area contributed by atoms with Crippen molar-refractivity contribution in [3.05, 3.63) is 15.6 Å². The van der Waals surface area contributed by atoms with Gasteiger partial charge >= 0.3 is 0 Å². The minimum Gasteiger partial charge on any atom is -0.371 e. The van der Waals surface area contributed by atoms with E-state index in [1.54, 1.807) is 0 Å². The van der Waals surface area contributed by atoms with Crippen molar-refractivity contribution in [3.8, 4) is 0 Å². The fourth-order valence-electron chi connectivity index (χ4n) is 2.46. The molecule has 2 N–H and O–H groups in total. The molecular weight excluding hydrogens is 232 g/mol. The Labute approximate surface area is 107 Å². The molecule has 0 aromatic carbocycles. The van der Waals surface area contributed by atoms with Gasteiger partial charge in [-0.15, -0.1) is 11.3 Å². The molecule has 0 amide bonds. The smallest absolute Gasteiger partial charge is 0.122 e. The Hall–Kier alpha value is -0.450. The van der Waals surface area contributed by atoms with Gasteiger partial charge in [-0.2, -0.15) is 0 Å². The Bertz CT molecular complexity index is 364. The summed E-state index contributed by atoms with van der Waals surface area (Å²) in [6, 6.07) is 0. The Morgan fingerprint density at radius 2 is 2.35 bits per heavy atom. The van der Waals surface area contributed by atoms with Gasteiger partial charge in [-0.3, -0.25) is 0 Å². The molecule has 4 heteroatoms. The summed E-state index contributed by atoms with van der Waals surface area (Å²) < 4.78 is 5.74. The highest BCUT2D eigenvalue weighted by atomic mass is 32.1. The molecule has 1 aliphatic rings. The van der Waals surface area contributed by atoms with Crippen LogP contribution < -0.4 is 5.73 Å². The number of fused-ring (bicyclic) bond motifs is 1. The summed E-state index contributed by atoms with van der Waals surface area (Å²) in [4.78, 5) is 6.25. The van der Waals surface area contributed by atoms with Crippen LogP contribution in [-0.4, -0.2) is 18.1 Å². The third-order valence-electron chi connectivity index (χ3n) is 3.39. The van der Waals surface area contributed by atoms with E-state index in [0.29, 0.717) is 5.92 Å². The number of nitrogens with zero attached hydrogens (tertiary/aromatic N) is 1. The fraction of sp³-hybridized carbons (Fsp3) is 0.769. The van der Waals surface area contributed by atoms with Crippen LogP contribution in [0.2, 0.25) is 0 Å². The van der Waals surface area contributed by atoms with Gasteiger partial charge in [0.2, 0.25) is 0 Å².